The van der Waals surface area contributed by atoms with E-state index in [1.165, 1.54) is 0 Å². The van der Waals surface area contributed by atoms with Crippen LogP contribution in [0.4, 0.5) is 0 Å². The Hall–Kier alpha value is -1.51. The fourth-order valence-corrected chi connectivity index (χ4v) is 2.22. The summed E-state index contributed by atoms with van der Waals surface area (Å²) in [6.07, 6.45) is 1.72. The van der Waals surface area contributed by atoms with Crippen molar-refractivity contribution in [2.75, 3.05) is 6.61 Å². The molecule has 0 aromatic heterocycles. The molecule has 0 saturated heterocycles. The smallest absolute Gasteiger partial charge is 0.172 e. The van der Waals surface area contributed by atoms with Gasteiger partial charge in [-0.3, -0.25) is 4.79 Å². The minimum absolute atomic E-state index is 0.0501. The number of Topliss-reactive ketones (excluding diaryl/α,β-unsaturated/α-hetero) is 1. The molecule has 0 fully saturated rings. The van der Waals surface area contributed by atoms with E-state index in [0.717, 1.165) is 24.2 Å². The Labute approximate surface area is 114 Å². The first kappa shape index (κ1) is 13.9. The summed E-state index contributed by atoms with van der Waals surface area (Å²) >= 11 is 0. The number of fused-ring (bicyclic) bond motifs is 1. The maximum Gasteiger partial charge on any atom is 0.172 e. The Bertz CT molecular complexity index is 477. The second kappa shape index (κ2) is 5.24. The summed E-state index contributed by atoms with van der Waals surface area (Å²) in [5.41, 5.74) is 0.959. The largest absolute Gasteiger partial charge is 0.483 e. The van der Waals surface area contributed by atoms with Crippen LogP contribution in [-0.4, -0.2) is 18.0 Å². The van der Waals surface area contributed by atoms with E-state index in [4.69, 9.17) is 9.47 Å². The molecule has 3 nitrogen and oxygen atoms in total. The van der Waals surface area contributed by atoms with Crippen molar-refractivity contribution in [3.8, 4) is 11.5 Å². The molecule has 0 saturated carbocycles. The number of para-hydroxylation sites is 1. The second-order valence-corrected chi connectivity index (χ2v) is 5.85. The lowest BCUT2D eigenvalue weighted by molar-refractivity contribution is -0.124. The van der Waals surface area contributed by atoms with E-state index in [-0.39, 0.29) is 23.9 Å². The molecule has 0 amide bonds. The Kier molecular flexibility index (Phi) is 3.83. The molecule has 1 unspecified atom stereocenters. The van der Waals surface area contributed by atoms with E-state index in [0.29, 0.717) is 5.75 Å². The lowest BCUT2D eigenvalue weighted by atomic mass is 10.0. The topological polar surface area (TPSA) is 35.5 Å². The Morgan fingerprint density at radius 1 is 1.47 bits per heavy atom. The number of benzene rings is 1. The molecule has 104 valence electrons. The molecular formula is C16H22O3. The number of ether oxygens (including phenoxy) is 2. The number of carbonyl (C=O) groups is 1. The van der Waals surface area contributed by atoms with Gasteiger partial charge < -0.3 is 9.47 Å². The minimum atomic E-state index is -0.192. The zero-order valence-corrected chi connectivity index (χ0v) is 12.2. The molecular weight excluding hydrogens is 240 g/mol. The summed E-state index contributed by atoms with van der Waals surface area (Å²) in [6, 6.07) is 5.87. The van der Waals surface area contributed by atoms with Crippen LogP contribution in [0, 0.1) is 5.92 Å². The van der Waals surface area contributed by atoms with Crippen LogP contribution >= 0.6 is 0 Å². The highest BCUT2D eigenvalue weighted by atomic mass is 16.5. The molecule has 0 N–H and O–H groups in total. The average molecular weight is 262 g/mol. The molecule has 1 aliphatic rings. The summed E-state index contributed by atoms with van der Waals surface area (Å²) in [5.74, 6) is 1.66. The van der Waals surface area contributed by atoms with Gasteiger partial charge in [0.2, 0.25) is 0 Å². The van der Waals surface area contributed by atoms with Crippen LogP contribution in [0.1, 0.15) is 39.7 Å². The first-order valence-corrected chi connectivity index (χ1v) is 6.89. The highest BCUT2D eigenvalue weighted by Gasteiger charge is 2.32. The van der Waals surface area contributed by atoms with Crippen molar-refractivity contribution in [2.24, 2.45) is 5.92 Å². The van der Waals surface area contributed by atoms with Crippen molar-refractivity contribution >= 4 is 5.78 Å². The van der Waals surface area contributed by atoms with E-state index in [9.17, 15) is 4.79 Å². The van der Waals surface area contributed by atoms with Crippen LogP contribution in [0.2, 0.25) is 0 Å². The fraction of sp³-hybridized carbons (Fsp3) is 0.562. The Morgan fingerprint density at radius 2 is 2.21 bits per heavy atom. The van der Waals surface area contributed by atoms with Crippen molar-refractivity contribution < 1.29 is 14.3 Å². The van der Waals surface area contributed by atoms with Crippen LogP contribution in [-0.2, 0) is 11.2 Å². The number of hydrogen-bond acceptors (Lipinski definition) is 3. The maximum atomic E-state index is 11.8. The van der Waals surface area contributed by atoms with Gasteiger partial charge in [0, 0.05) is 17.9 Å². The standard InChI is InChI=1S/C16H22O3/c1-5-11(2)13(17)10-18-14-8-6-7-12-9-16(3,4)19-15(12)14/h6-8,11H,5,9-10H2,1-4H3. The third-order valence-electron chi connectivity index (χ3n) is 3.59. The summed E-state index contributed by atoms with van der Waals surface area (Å²) in [5, 5.41) is 0. The van der Waals surface area contributed by atoms with Crippen molar-refractivity contribution in [2.45, 2.75) is 46.1 Å². The van der Waals surface area contributed by atoms with Gasteiger partial charge in [0.05, 0.1) is 0 Å². The summed E-state index contributed by atoms with van der Waals surface area (Å²) in [6.45, 7) is 8.17. The van der Waals surface area contributed by atoms with Crippen LogP contribution < -0.4 is 9.47 Å². The van der Waals surface area contributed by atoms with E-state index in [2.05, 4.69) is 13.8 Å². The average Bonchev–Trinajstić information content (AvgIpc) is 2.69. The quantitative estimate of drug-likeness (QED) is 0.816. The first-order valence-electron chi connectivity index (χ1n) is 6.89. The lowest BCUT2D eigenvalue weighted by Gasteiger charge is -2.18. The van der Waals surface area contributed by atoms with Gasteiger partial charge in [-0.15, -0.1) is 0 Å². The zero-order valence-electron chi connectivity index (χ0n) is 12.2. The van der Waals surface area contributed by atoms with E-state index < -0.39 is 0 Å². The molecule has 1 aliphatic heterocycles. The van der Waals surface area contributed by atoms with Gasteiger partial charge in [-0.05, 0) is 26.3 Å². The third kappa shape index (κ3) is 3.09. The highest BCUT2D eigenvalue weighted by Crippen LogP contribution is 2.41. The maximum absolute atomic E-state index is 11.8. The number of hydrogen-bond donors (Lipinski definition) is 0. The van der Waals surface area contributed by atoms with Crippen LogP contribution in [0.25, 0.3) is 0 Å². The molecule has 1 heterocycles. The van der Waals surface area contributed by atoms with Crippen molar-refractivity contribution in [3.63, 3.8) is 0 Å². The van der Waals surface area contributed by atoms with Crippen LogP contribution in [0.5, 0.6) is 11.5 Å². The molecule has 1 aromatic rings. The normalized spacial score (nSPS) is 17.5. The van der Waals surface area contributed by atoms with E-state index in [1.54, 1.807) is 0 Å². The number of carbonyl (C=O) groups excluding carboxylic acids is 1. The first-order chi connectivity index (χ1) is 8.93. The van der Waals surface area contributed by atoms with Gasteiger partial charge in [0.1, 0.15) is 12.2 Å². The Balaban J connectivity index is 2.08. The number of ketones is 1. The highest BCUT2D eigenvalue weighted by molar-refractivity contribution is 5.82. The van der Waals surface area contributed by atoms with E-state index in [1.807, 2.05) is 32.0 Å². The predicted octanol–water partition coefficient (Wildman–Crippen LogP) is 3.39. The molecule has 2 rings (SSSR count). The SMILES string of the molecule is CCC(C)C(=O)COc1cccc2c1OC(C)(C)C2. The zero-order chi connectivity index (χ0) is 14.0. The van der Waals surface area contributed by atoms with Gasteiger partial charge in [-0.25, -0.2) is 0 Å². The molecule has 1 aromatic carbocycles. The monoisotopic (exact) mass is 262 g/mol. The molecule has 0 aliphatic carbocycles. The van der Waals surface area contributed by atoms with Crippen LogP contribution in [0.3, 0.4) is 0 Å². The minimum Gasteiger partial charge on any atom is -0.483 e. The van der Waals surface area contributed by atoms with Crippen molar-refractivity contribution in [1.82, 2.24) is 0 Å². The predicted molar refractivity (Wildman–Crippen MR) is 74.8 cm³/mol. The third-order valence-corrected chi connectivity index (χ3v) is 3.59. The molecule has 1 atom stereocenters. The van der Waals surface area contributed by atoms with Gasteiger partial charge in [0.25, 0.3) is 0 Å². The summed E-state index contributed by atoms with van der Waals surface area (Å²) in [7, 11) is 0. The Morgan fingerprint density at radius 3 is 2.89 bits per heavy atom. The van der Waals surface area contributed by atoms with Crippen LogP contribution in [0.15, 0.2) is 18.2 Å². The van der Waals surface area contributed by atoms with Gasteiger partial charge in [-0.2, -0.15) is 0 Å². The number of rotatable bonds is 5. The molecule has 0 spiro atoms. The molecule has 0 radical (unpaired) electrons. The van der Waals surface area contributed by atoms with Gasteiger partial charge in [-0.1, -0.05) is 26.0 Å². The van der Waals surface area contributed by atoms with E-state index >= 15 is 0 Å². The second-order valence-electron chi connectivity index (χ2n) is 5.85. The van der Waals surface area contributed by atoms with Crippen molar-refractivity contribution in [3.05, 3.63) is 23.8 Å². The van der Waals surface area contributed by atoms with Gasteiger partial charge >= 0.3 is 0 Å². The molecule has 0 bridgehead atoms. The molecule has 19 heavy (non-hydrogen) atoms. The lowest BCUT2D eigenvalue weighted by Crippen LogP contribution is -2.25. The van der Waals surface area contributed by atoms with Gasteiger partial charge in [0.15, 0.2) is 17.3 Å². The van der Waals surface area contributed by atoms with Crippen molar-refractivity contribution in [1.29, 1.82) is 0 Å². The molecule has 3 heteroatoms. The summed E-state index contributed by atoms with van der Waals surface area (Å²) < 4.78 is 11.6. The summed E-state index contributed by atoms with van der Waals surface area (Å²) in [4.78, 5) is 11.8. The fourth-order valence-electron chi connectivity index (χ4n) is 2.22.